The van der Waals surface area contributed by atoms with Crippen LogP contribution in [0.5, 0.6) is 11.5 Å². The van der Waals surface area contributed by atoms with Crippen LogP contribution in [0.4, 0.5) is 5.69 Å². The minimum Gasteiger partial charge on any atom is -0.492 e. The molecule has 0 aliphatic heterocycles. The van der Waals surface area contributed by atoms with Crippen molar-refractivity contribution in [2.45, 2.75) is 0 Å². The van der Waals surface area contributed by atoms with Gasteiger partial charge in [0.2, 0.25) is 0 Å². The molecule has 0 saturated carbocycles. The summed E-state index contributed by atoms with van der Waals surface area (Å²) in [5, 5.41) is 17.7. The SMILES string of the molecule is O=C(NCCOc1ccc(Cl)cc1)c1cc(C(=O)NCCOc2ccc(Cl)cc2)cc([N+](=O)[O-])c1. The second kappa shape index (κ2) is 12.6. The van der Waals surface area contributed by atoms with Crippen LogP contribution in [0.2, 0.25) is 10.0 Å². The fourth-order valence-corrected chi connectivity index (χ4v) is 3.16. The number of ether oxygens (including phenoxy) is 2. The van der Waals surface area contributed by atoms with Crippen molar-refractivity contribution < 1.29 is 24.0 Å². The summed E-state index contributed by atoms with van der Waals surface area (Å²) in [4.78, 5) is 35.7. The van der Waals surface area contributed by atoms with Gasteiger partial charge in [-0.15, -0.1) is 0 Å². The molecule has 0 aliphatic carbocycles. The van der Waals surface area contributed by atoms with Gasteiger partial charge in [0.25, 0.3) is 17.5 Å². The van der Waals surface area contributed by atoms with Crippen LogP contribution in [0, 0.1) is 10.1 Å². The fraction of sp³-hybridized carbons (Fsp3) is 0.167. The lowest BCUT2D eigenvalue weighted by atomic mass is 10.1. The molecule has 0 radical (unpaired) electrons. The Hall–Kier alpha value is -3.82. The van der Waals surface area contributed by atoms with Gasteiger partial charge in [0.05, 0.1) is 18.0 Å². The standard InChI is InChI=1S/C24H21Cl2N3O6/c25-18-1-5-21(6-2-18)34-11-9-27-23(30)16-13-17(15-20(14-16)29(32)33)24(31)28-10-12-35-22-7-3-19(26)4-8-22/h1-8,13-15H,9-12H2,(H,27,30)(H,28,31). The van der Waals surface area contributed by atoms with Gasteiger partial charge in [-0.05, 0) is 54.6 Å². The third-order valence-corrected chi connectivity index (χ3v) is 5.10. The molecule has 0 aliphatic rings. The van der Waals surface area contributed by atoms with Crippen LogP contribution in [0.1, 0.15) is 20.7 Å². The number of nitrogens with one attached hydrogen (secondary N) is 2. The number of amides is 2. The molecule has 2 amide bonds. The molecule has 0 bridgehead atoms. The van der Waals surface area contributed by atoms with Crippen molar-refractivity contribution in [2.75, 3.05) is 26.3 Å². The number of nitrogens with zero attached hydrogens (tertiary/aromatic N) is 1. The lowest BCUT2D eigenvalue weighted by molar-refractivity contribution is -0.384. The summed E-state index contributed by atoms with van der Waals surface area (Å²) < 4.78 is 11.0. The minimum atomic E-state index is -0.666. The van der Waals surface area contributed by atoms with E-state index in [1.54, 1.807) is 48.5 Å². The highest BCUT2D eigenvalue weighted by molar-refractivity contribution is 6.30. The maximum absolute atomic E-state index is 12.5. The van der Waals surface area contributed by atoms with E-state index in [-0.39, 0.29) is 43.1 Å². The predicted octanol–water partition coefficient (Wildman–Crippen LogP) is 4.52. The molecule has 182 valence electrons. The molecule has 11 heteroatoms. The van der Waals surface area contributed by atoms with Crippen LogP contribution in [0.3, 0.4) is 0 Å². The number of hydrogen-bond acceptors (Lipinski definition) is 6. The van der Waals surface area contributed by atoms with E-state index in [0.717, 1.165) is 12.1 Å². The van der Waals surface area contributed by atoms with Crippen LogP contribution >= 0.6 is 23.2 Å². The monoisotopic (exact) mass is 517 g/mol. The van der Waals surface area contributed by atoms with Gasteiger partial charge in [0, 0.05) is 33.3 Å². The van der Waals surface area contributed by atoms with E-state index in [1.807, 2.05) is 0 Å². The van der Waals surface area contributed by atoms with E-state index in [9.17, 15) is 19.7 Å². The van der Waals surface area contributed by atoms with Crippen molar-refractivity contribution >= 4 is 40.7 Å². The molecule has 3 aromatic rings. The number of nitro groups is 1. The first-order valence-corrected chi connectivity index (χ1v) is 11.2. The maximum Gasteiger partial charge on any atom is 0.271 e. The van der Waals surface area contributed by atoms with Gasteiger partial charge in [0.15, 0.2) is 0 Å². The Morgan fingerprint density at radius 3 is 1.51 bits per heavy atom. The van der Waals surface area contributed by atoms with Gasteiger partial charge in [0.1, 0.15) is 24.7 Å². The normalized spacial score (nSPS) is 10.3. The number of hydrogen-bond donors (Lipinski definition) is 2. The summed E-state index contributed by atoms with van der Waals surface area (Å²) >= 11 is 11.6. The molecule has 0 fully saturated rings. The molecule has 0 aromatic heterocycles. The number of nitro benzene ring substituents is 1. The van der Waals surface area contributed by atoms with Gasteiger partial charge < -0.3 is 20.1 Å². The number of carbonyl (C=O) groups excluding carboxylic acids is 2. The van der Waals surface area contributed by atoms with E-state index < -0.39 is 16.7 Å². The average molecular weight is 518 g/mol. The van der Waals surface area contributed by atoms with Crippen molar-refractivity contribution in [3.8, 4) is 11.5 Å². The van der Waals surface area contributed by atoms with Gasteiger partial charge >= 0.3 is 0 Å². The van der Waals surface area contributed by atoms with Crippen LogP contribution in [-0.2, 0) is 0 Å². The molecule has 2 N–H and O–H groups in total. The second-order valence-electron chi connectivity index (χ2n) is 7.14. The number of non-ortho nitro benzene ring substituents is 1. The van der Waals surface area contributed by atoms with Crippen molar-refractivity contribution in [2.24, 2.45) is 0 Å². The van der Waals surface area contributed by atoms with Crippen LogP contribution in [0.25, 0.3) is 0 Å². The third kappa shape index (κ3) is 8.16. The molecule has 0 atom stereocenters. The third-order valence-electron chi connectivity index (χ3n) is 4.59. The molecule has 0 heterocycles. The Balaban J connectivity index is 1.54. The molecule has 3 rings (SSSR count). The van der Waals surface area contributed by atoms with Gasteiger partial charge in [-0.3, -0.25) is 19.7 Å². The van der Waals surface area contributed by atoms with Gasteiger partial charge in [-0.25, -0.2) is 0 Å². The Bertz CT molecular complexity index is 1100. The average Bonchev–Trinajstić information content (AvgIpc) is 2.86. The van der Waals surface area contributed by atoms with Crippen molar-refractivity contribution in [1.29, 1.82) is 0 Å². The highest BCUT2D eigenvalue weighted by Gasteiger charge is 2.18. The van der Waals surface area contributed by atoms with E-state index >= 15 is 0 Å². The van der Waals surface area contributed by atoms with Crippen LogP contribution in [-0.4, -0.2) is 43.0 Å². The molecular weight excluding hydrogens is 497 g/mol. The fourth-order valence-electron chi connectivity index (χ4n) is 2.91. The summed E-state index contributed by atoms with van der Waals surface area (Å²) in [6, 6.07) is 17.0. The van der Waals surface area contributed by atoms with Crippen LogP contribution in [0.15, 0.2) is 66.7 Å². The van der Waals surface area contributed by atoms with Crippen LogP contribution < -0.4 is 20.1 Å². The Kier molecular flexibility index (Phi) is 9.28. The lowest BCUT2D eigenvalue weighted by Gasteiger charge is -2.10. The highest BCUT2D eigenvalue weighted by atomic mass is 35.5. The van der Waals surface area contributed by atoms with E-state index in [4.69, 9.17) is 32.7 Å². The van der Waals surface area contributed by atoms with E-state index in [0.29, 0.717) is 21.5 Å². The number of benzene rings is 3. The largest absolute Gasteiger partial charge is 0.492 e. The number of carbonyl (C=O) groups is 2. The summed E-state index contributed by atoms with van der Waals surface area (Å²) in [6.07, 6.45) is 0. The first-order chi connectivity index (χ1) is 16.8. The quantitative estimate of drug-likeness (QED) is 0.219. The molecule has 9 nitrogen and oxygen atoms in total. The molecule has 3 aromatic carbocycles. The first kappa shape index (κ1) is 25.8. The molecule has 0 unspecified atom stereocenters. The zero-order valence-electron chi connectivity index (χ0n) is 18.3. The molecule has 0 saturated heterocycles. The molecule has 0 spiro atoms. The molecular formula is C24H21Cl2N3O6. The lowest BCUT2D eigenvalue weighted by Crippen LogP contribution is -2.30. The second-order valence-corrected chi connectivity index (χ2v) is 8.02. The number of halogens is 2. The summed E-state index contributed by atoms with van der Waals surface area (Å²) in [6.45, 7) is 0.633. The topological polar surface area (TPSA) is 120 Å². The highest BCUT2D eigenvalue weighted by Crippen LogP contribution is 2.18. The summed E-state index contributed by atoms with van der Waals surface area (Å²) in [7, 11) is 0. The van der Waals surface area contributed by atoms with E-state index in [1.165, 1.54) is 6.07 Å². The Morgan fingerprint density at radius 1 is 0.743 bits per heavy atom. The van der Waals surface area contributed by atoms with Crippen molar-refractivity contribution in [3.63, 3.8) is 0 Å². The zero-order chi connectivity index (χ0) is 25.2. The van der Waals surface area contributed by atoms with Gasteiger partial charge in [-0.2, -0.15) is 0 Å². The maximum atomic E-state index is 12.5. The summed E-state index contributed by atoms with van der Waals surface area (Å²) in [5.41, 5.74) is -0.417. The van der Waals surface area contributed by atoms with Crippen molar-refractivity contribution in [3.05, 3.63) is 98.0 Å². The Morgan fingerprint density at radius 2 is 1.14 bits per heavy atom. The first-order valence-electron chi connectivity index (χ1n) is 10.4. The van der Waals surface area contributed by atoms with E-state index in [2.05, 4.69) is 10.6 Å². The van der Waals surface area contributed by atoms with Gasteiger partial charge in [-0.1, -0.05) is 23.2 Å². The summed E-state index contributed by atoms with van der Waals surface area (Å²) in [5.74, 6) is 0.0121. The number of rotatable bonds is 11. The molecule has 35 heavy (non-hydrogen) atoms. The van der Waals surface area contributed by atoms with Crippen molar-refractivity contribution in [1.82, 2.24) is 10.6 Å². The zero-order valence-corrected chi connectivity index (χ0v) is 19.8. The Labute approximate surface area is 211 Å². The predicted molar refractivity (Wildman–Crippen MR) is 132 cm³/mol. The minimum absolute atomic E-state index is 0.0201. The smallest absolute Gasteiger partial charge is 0.271 e.